The molecule has 1 amide bonds. The lowest BCUT2D eigenvalue weighted by molar-refractivity contribution is -0.111. The van der Waals surface area contributed by atoms with E-state index in [2.05, 4.69) is 5.32 Å². The molecule has 0 atom stereocenters. The summed E-state index contributed by atoms with van der Waals surface area (Å²) in [6.07, 6.45) is 3.25. The van der Waals surface area contributed by atoms with Gasteiger partial charge in [-0.25, -0.2) is 0 Å². The average molecular weight is 345 g/mol. The van der Waals surface area contributed by atoms with Gasteiger partial charge in [0.15, 0.2) is 0 Å². The highest BCUT2D eigenvalue weighted by Gasteiger charge is 2.00. The van der Waals surface area contributed by atoms with Crippen molar-refractivity contribution in [1.29, 1.82) is 0 Å². The summed E-state index contributed by atoms with van der Waals surface area (Å²) in [5.74, 6) is 2.07. The lowest BCUT2D eigenvalue weighted by Gasteiger charge is -2.07. The normalized spacial score (nSPS) is 10.5. The van der Waals surface area contributed by atoms with Gasteiger partial charge in [-0.05, 0) is 60.2 Å². The molecule has 3 aromatic rings. The zero-order chi connectivity index (χ0) is 18.2. The average Bonchev–Trinajstić information content (AvgIpc) is 2.69. The van der Waals surface area contributed by atoms with Crippen LogP contribution in [0.25, 0.3) is 6.08 Å². The standard InChI is InChI=1S/C22H19NO3/c1-25-19-12-7-17(8-13-19)9-16-22(24)23-18-10-14-21(15-11-18)26-20-5-3-2-4-6-20/h2-16H,1H3,(H,23,24)/b16-9+. The Morgan fingerprint density at radius 2 is 1.42 bits per heavy atom. The van der Waals surface area contributed by atoms with Crippen molar-refractivity contribution in [2.75, 3.05) is 12.4 Å². The fraction of sp³-hybridized carbons (Fsp3) is 0.0455. The van der Waals surface area contributed by atoms with Crippen molar-refractivity contribution in [3.63, 3.8) is 0 Å². The second-order valence-corrected chi connectivity index (χ2v) is 5.54. The van der Waals surface area contributed by atoms with Crippen LogP contribution >= 0.6 is 0 Å². The van der Waals surface area contributed by atoms with Gasteiger partial charge in [-0.1, -0.05) is 30.3 Å². The lowest BCUT2D eigenvalue weighted by Crippen LogP contribution is -2.07. The summed E-state index contributed by atoms with van der Waals surface area (Å²) in [5.41, 5.74) is 1.63. The van der Waals surface area contributed by atoms with E-state index in [0.29, 0.717) is 11.4 Å². The SMILES string of the molecule is COc1ccc(/C=C/C(=O)Nc2ccc(Oc3ccccc3)cc2)cc1. The van der Waals surface area contributed by atoms with Gasteiger partial charge in [0.1, 0.15) is 17.2 Å². The molecule has 26 heavy (non-hydrogen) atoms. The first kappa shape index (κ1) is 17.3. The molecule has 0 aliphatic rings. The van der Waals surface area contributed by atoms with Crippen LogP contribution in [0.5, 0.6) is 17.2 Å². The molecule has 1 N–H and O–H groups in total. The van der Waals surface area contributed by atoms with Crippen LogP contribution in [0.1, 0.15) is 5.56 Å². The minimum absolute atomic E-state index is 0.197. The van der Waals surface area contributed by atoms with Crippen molar-refractivity contribution in [3.8, 4) is 17.2 Å². The maximum absolute atomic E-state index is 12.0. The van der Waals surface area contributed by atoms with Gasteiger partial charge in [0.25, 0.3) is 0 Å². The highest BCUT2D eigenvalue weighted by molar-refractivity contribution is 6.01. The van der Waals surface area contributed by atoms with Crippen LogP contribution in [0.3, 0.4) is 0 Å². The van der Waals surface area contributed by atoms with Gasteiger partial charge in [0.05, 0.1) is 7.11 Å². The van der Waals surface area contributed by atoms with Crippen molar-refractivity contribution in [3.05, 3.63) is 90.5 Å². The molecule has 0 aromatic heterocycles. The van der Waals surface area contributed by atoms with Crippen LogP contribution in [0, 0.1) is 0 Å². The lowest BCUT2D eigenvalue weighted by atomic mass is 10.2. The van der Waals surface area contributed by atoms with Crippen LogP contribution < -0.4 is 14.8 Å². The first-order valence-corrected chi connectivity index (χ1v) is 8.19. The summed E-state index contributed by atoms with van der Waals surface area (Å²) in [6.45, 7) is 0. The highest BCUT2D eigenvalue weighted by atomic mass is 16.5. The second kappa shape index (κ2) is 8.53. The molecule has 4 nitrogen and oxygen atoms in total. The number of benzene rings is 3. The predicted molar refractivity (Wildman–Crippen MR) is 104 cm³/mol. The Morgan fingerprint density at radius 3 is 2.08 bits per heavy atom. The molecule has 0 spiro atoms. The number of amides is 1. The minimum Gasteiger partial charge on any atom is -0.497 e. The van der Waals surface area contributed by atoms with Crippen LogP contribution in [0.15, 0.2) is 84.9 Å². The van der Waals surface area contributed by atoms with Gasteiger partial charge in [0, 0.05) is 11.8 Å². The van der Waals surface area contributed by atoms with Gasteiger partial charge in [0.2, 0.25) is 5.91 Å². The van der Waals surface area contributed by atoms with Gasteiger partial charge in [-0.15, -0.1) is 0 Å². The maximum atomic E-state index is 12.0. The molecular formula is C22H19NO3. The Kier molecular flexibility index (Phi) is 5.68. The molecule has 0 unspecified atom stereocenters. The quantitative estimate of drug-likeness (QED) is 0.629. The van der Waals surface area contributed by atoms with Crippen molar-refractivity contribution >= 4 is 17.7 Å². The molecule has 0 heterocycles. The fourth-order valence-corrected chi connectivity index (χ4v) is 2.30. The molecule has 0 saturated heterocycles. The zero-order valence-corrected chi connectivity index (χ0v) is 14.4. The third-order valence-corrected chi connectivity index (χ3v) is 3.64. The van der Waals surface area contributed by atoms with E-state index in [0.717, 1.165) is 17.1 Å². The Labute approximate surface area is 152 Å². The Balaban J connectivity index is 1.56. The maximum Gasteiger partial charge on any atom is 0.248 e. The second-order valence-electron chi connectivity index (χ2n) is 5.54. The number of anilines is 1. The predicted octanol–water partition coefficient (Wildman–Crippen LogP) is 5.14. The smallest absolute Gasteiger partial charge is 0.248 e. The number of hydrogen-bond acceptors (Lipinski definition) is 3. The molecule has 3 rings (SSSR count). The van der Waals surface area contributed by atoms with E-state index in [1.165, 1.54) is 6.08 Å². The van der Waals surface area contributed by atoms with Gasteiger partial charge in [-0.3, -0.25) is 4.79 Å². The number of carbonyl (C=O) groups is 1. The topological polar surface area (TPSA) is 47.6 Å². The number of methoxy groups -OCH3 is 1. The van der Waals surface area contributed by atoms with Crippen molar-refractivity contribution in [2.24, 2.45) is 0 Å². The van der Waals surface area contributed by atoms with Crippen LogP contribution in [0.2, 0.25) is 0 Å². The largest absolute Gasteiger partial charge is 0.497 e. The molecule has 130 valence electrons. The molecule has 0 fully saturated rings. The van der Waals surface area contributed by atoms with E-state index in [-0.39, 0.29) is 5.91 Å². The van der Waals surface area contributed by atoms with E-state index in [1.807, 2.05) is 66.7 Å². The van der Waals surface area contributed by atoms with Crippen LogP contribution in [-0.2, 0) is 4.79 Å². The number of hydrogen-bond donors (Lipinski definition) is 1. The number of carbonyl (C=O) groups excluding carboxylic acids is 1. The summed E-state index contributed by atoms with van der Waals surface area (Å²) >= 11 is 0. The number of rotatable bonds is 6. The monoisotopic (exact) mass is 345 g/mol. The zero-order valence-electron chi connectivity index (χ0n) is 14.4. The summed E-state index contributed by atoms with van der Waals surface area (Å²) < 4.78 is 10.8. The van der Waals surface area contributed by atoms with E-state index in [9.17, 15) is 4.79 Å². The van der Waals surface area contributed by atoms with Crippen molar-refractivity contribution in [1.82, 2.24) is 0 Å². The number of nitrogens with one attached hydrogen (secondary N) is 1. The molecule has 0 bridgehead atoms. The van der Waals surface area contributed by atoms with Gasteiger partial charge in [-0.2, -0.15) is 0 Å². The van der Waals surface area contributed by atoms with Crippen LogP contribution in [0.4, 0.5) is 5.69 Å². The fourth-order valence-electron chi connectivity index (χ4n) is 2.30. The third kappa shape index (κ3) is 4.98. The molecule has 0 aliphatic heterocycles. The molecule has 0 radical (unpaired) electrons. The minimum atomic E-state index is -0.197. The molecular weight excluding hydrogens is 326 g/mol. The van der Waals surface area contributed by atoms with E-state index >= 15 is 0 Å². The molecule has 0 aliphatic carbocycles. The third-order valence-electron chi connectivity index (χ3n) is 3.64. The van der Waals surface area contributed by atoms with Crippen molar-refractivity contribution < 1.29 is 14.3 Å². The Bertz CT molecular complexity index is 870. The number of ether oxygens (including phenoxy) is 2. The van der Waals surface area contributed by atoms with Gasteiger partial charge >= 0.3 is 0 Å². The Morgan fingerprint density at radius 1 is 0.808 bits per heavy atom. The van der Waals surface area contributed by atoms with Crippen molar-refractivity contribution in [2.45, 2.75) is 0 Å². The Hall–Kier alpha value is -3.53. The summed E-state index contributed by atoms with van der Waals surface area (Å²) in [5, 5.41) is 2.82. The summed E-state index contributed by atoms with van der Waals surface area (Å²) in [4.78, 5) is 12.0. The molecule has 3 aromatic carbocycles. The van der Waals surface area contributed by atoms with E-state index in [1.54, 1.807) is 25.3 Å². The molecule has 0 saturated carbocycles. The summed E-state index contributed by atoms with van der Waals surface area (Å²) in [7, 11) is 1.62. The van der Waals surface area contributed by atoms with Gasteiger partial charge < -0.3 is 14.8 Å². The van der Waals surface area contributed by atoms with E-state index in [4.69, 9.17) is 9.47 Å². The molecule has 4 heteroatoms. The van der Waals surface area contributed by atoms with Crippen LogP contribution in [-0.4, -0.2) is 13.0 Å². The van der Waals surface area contributed by atoms with E-state index < -0.39 is 0 Å². The number of para-hydroxylation sites is 1. The first-order chi connectivity index (χ1) is 12.7. The highest BCUT2D eigenvalue weighted by Crippen LogP contribution is 2.22. The first-order valence-electron chi connectivity index (χ1n) is 8.19. The summed E-state index contributed by atoms with van der Waals surface area (Å²) in [6, 6.07) is 24.3.